The number of aromatic nitrogens is 1. The lowest BCUT2D eigenvalue weighted by Gasteiger charge is -2.23. The second-order valence-electron chi connectivity index (χ2n) is 4.79. The van der Waals surface area contributed by atoms with Gasteiger partial charge in [-0.15, -0.1) is 0 Å². The number of rotatable bonds is 2. The molecule has 2 N–H and O–H groups in total. The van der Waals surface area contributed by atoms with Crippen LogP contribution in [0.3, 0.4) is 0 Å². The number of hydrogen-bond donors (Lipinski definition) is 1. The van der Waals surface area contributed by atoms with E-state index in [9.17, 15) is 0 Å². The predicted octanol–water partition coefficient (Wildman–Crippen LogP) is 1.03. The van der Waals surface area contributed by atoms with Crippen molar-refractivity contribution in [3.05, 3.63) is 24.0 Å². The zero-order chi connectivity index (χ0) is 10.4. The molecule has 0 aromatic carbocycles. The number of nitrogens with zero attached hydrogens (tertiary/aromatic N) is 2. The number of aryl methyl sites for hydroxylation is 1. The quantitative estimate of drug-likeness (QED) is 0.780. The Morgan fingerprint density at radius 1 is 1.47 bits per heavy atom. The molecule has 1 saturated heterocycles. The van der Waals surface area contributed by atoms with Crippen LogP contribution in [0.4, 0.5) is 5.69 Å². The van der Waals surface area contributed by atoms with E-state index in [-0.39, 0.29) is 0 Å². The summed E-state index contributed by atoms with van der Waals surface area (Å²) in [7, 11) is 0. The van der Waals surface area contributed by atoms with Crippen LogP contribution in [0.15, 0.2) is 18.5 Å². The van der Waals surface area contributed by atoms with Crippen LogP contribution in [0.25, 0.3) is 0 Å². The van der Waals surface area contributed by atoms with Gasteiger partial charge in [0.05, 0.1) is 0 Å². The maximum Gasteiger partial charge on any atom is 0.0427 e. The van der Waals surface area contributed by atoms with E-state index in [2.05, 4.69) is 22.9 Å². The van der Waals surface area contributed by atoms with Crippen molar-refractivity contribution in [3.63, 3.8) is 0 Å². The summed E-state index contributed by atoms with van der Waals surface area (Å²) in [4.78, 5) is 6.62. The largest absolute Gasteiger partial charge is 0.371 e. The van der Waals surface area contributed by atoms with Crippen molar-refractivity contribution in [2.24, 2.45) is 23.5 Å². The zero-order valence-corrected chi connectivity index (χ0v) is 9.06. The van der Waals surface area contributed by atoms with Crippen LogP contribution in [0, 0.1) is 24.7 Å². The van der Waals surface area contributed by atoms with Gasteiger partial charge in [-0.2, -0.15) is 0 Å². The first-order valence-corrected chi connectivity index (χ1v) is 5.67. The summed E-state index contributed by atoms with van der Waals surface area (Å²) in [6.07, 6.45) is 3.83. The summed E-state index contributed by atoms with van der Waals surface area (Å²) < 4.78 is 0. The monoisotopic (exact) mass is 203 g/mol. The van der Waals surface area contributed by atoms with Gasteiger partial charge >= 0.3 is 0 Å². The van der Waals surface area contributed by atoms with E-state index in [0.29, 0.717) is 0 Å². The standard InChI is InChI=1S/C12H17N3/c1-8-5-14-3-2-12(8)15-6-10-9(4-13)11(10)7-15/h2-3,5,9-11H,4,6-7,13H2,1H3. The third kappa shape index (κ3) is 1.34. The smallest absolute Gasteiger partial charge is 0.0427 e. The molecule has 3 nitrogen and oxygen atoms in total. The Morgan fingerprint density at radius 3 is 2.80 bits per heavy atom. The first-order valence-electron chi connectivity index (χ1n) is 5.67. The third-order valence-electron chi connectivity index (χ3n) is 3.97. The first-order chi connectivity index (χ1) is 7.31. The van der Waals surface area contributed by atoms with Crippen molar-refractivity contribution < 1.29 is 0 Å². The van der Waals surface area contributed by atoms with Crippen LogP contribution < -0.4 is 10.6 Å². The lowest BCUT2D eigenvalue weighted by atomic mass is 10.2. The Bertz CT molecular complexity index is 365. The van der Waals surface area contributed by atoms with Gasteiger partial charge in [0.25, 0.3) is 0 Å². The fourth-order valence-corrected chi connectivity index (χ4v) is 3.02. The van der Waals surface area contributed by atoms with Gasteiger partial charge in [-0.05, 0) is 42.9 Å². The molecule has 1 aromatic heterocycles. The van der Waals surface area contributed by atoms with Gasteiger partial charge in [-0.3, -0.25) is 4.98 Å². The van der Waals surface area contributed by atoms with Gasteiger partial charge in [0.15, 0.2) is 0 Å². The Morgan fingerprint density at radius 2 is 2.20 bits per heavy atom. The summed E-state index contributed by atoms with van der Waals surface area (Å²) >= 11 is 0. The molecule has 1 aromatic rings. The SMILES string of the molecule is Cc1cnccc1N1CC2C(CN)C2C1. The highest BCUT2D eigenvalue weighted by molar-refractivity contribution is 5.53. The van der Waals surface area contributed by atoms with Crippen LogP contribution in [0.5, 0.6) is 0 Å². The van der Waals surface area contributed by atoms with E-state index in [1.54, 1.807) is 0 Å². The molecule has 1 aliphatic carbocycles. The Labute approximate surface area is 90.3 Å². The normalized spacial score (nSPS) is 32.9. The fourth-order valence-electron chi connectivity index (χ4n) is 3.02. The molecule has 1 aliphatic heterocycles. The minimum absolute atomic E-state index is 0.809. The predicted molar refractivity (Wildman–Crippen MR) is 60.7 cm³/mol. The van der Waals surface area contributed by atoms with Crippen molar-refractivity contribution in [2.75, 3.05) is 24.5 Å². The molecule has 2 atom stereocenters. The minimum Gasteiger partial charge on any atom is -0.371 e. The van der Waals surface area contributed by atoms with Crippen LogP contribution in [-0.2, 0) is 0 Å². The topological polar surface area (TPSA) is 42.2 Å². The van der Waals surface area contributed by atoms with Crippen molar-refractivity contribution in [1.29, 1.82) is 0 Å². The Hall–Kier alpha value is -1.09. The molecular weight excluding hydrogens is 186 g/mol. The van der Waals surface area contributed by atoms with E-state index < -0.39 is 0 Å². The lowest BCUT2D eigenvalue weighted by Crippen LogP contribution is -2.26. The van der Waals surface area contributed by atoms with Gasteiger partial charge < -0.3 is 10.6 Å². The zero-order valence-electron chi connectivity index (χ0n) is 9.06. The maximum atomic E-state index is 5.71. The molecule has 1 saturated carbocycles. The van der Waals surface area contributed by atoms with Crippen LogP contribution in [0.1, 0.15) is 5.56 Å². The Kier molecular flexibility index (Phi) is 1.96. The average Bonchev–Trinajstić information content (AvgIpc) is 2.72. The van der Waals surface area contributed by atoms with E-state index in [4.69, 9.17) is 5.73 Å². The number of hydrogen-bond acceptors (Lipinski definition) is 3. The molecule has 3 rings (SSSR count). The van der Waals surface area contributed by atoms with E-state index in [1.807, 2.05) is 12.4 Å². The highest BCUT2D eigenvalue weighted by Gasteiger charge is 2.54. The summed E-state index contributed by atoms with van der Waals surface area (Å²) in [6.45, 7) is 5.39. The number of pyridine rings is 1. The minimum atomic E-state index is 0.809. The molecule has 3 heteroatoms. The van der Waals surface area contributed by atoms with Crippen molar-refractivity contribution in [3.8, 4) is 0 Å². The van der Waals surface area contributed by atoms with Crippen LogP contribution >= 0.6 is 0 Å². The van der Waals surface area contributed by atoms with Crippen molar-refractivity contribution in [2.45, 2.75) is 6.92 Å². The van der Waals surface area contributed by atoms with Crippen LogP contribution in [0.2, 0.25) is 0 Å². The number of nitrogens with two attached hydrogens (primary N) is 1. The van der Waals surface area contributed by atoms with E-state index in [1.165, 1.54) is 24.3 Å². The summed E-state index contributed by atoms with van der Waals surface area (Å²) in [6, 6.07) is 2.12. The molecule has 0 radical (unpaired) electrons. The van der Waals surface area contributed by atoms with Gasteiger partial charge in [0.1, 0.15) is 0 Å². The van der Waals surface area contributed by atoms with E-state index >= 15 is 0 Å². The first kappa shape index (κ1) is 9.16. The number of fused-ring (bicyclic) bond motifs is 1. The summed E-state index contributed by atoms with van der Waals surface area (Å²) in [5, 5.41) is 0. The highest BCUT2D eigenvalue weighted by Crippen LogP contribution is 2.51. The molecule has 0 spiro atoms. The molecule has 0 bridgehead atoms. The number of piperidine rings is 1. The molecule has 2 heterocycles. The second kappa shape index (κ2) is 3.20. The summed E-state index contributed by atoms with van der Waals surface area (Å²) in [5.74, 6) is 2.54. The maximum absolute atomic E-state index is 5.71. The molecule has 2 unspecified atom stereocenters. The molecule has 15 heavy (non-hydrogen) atoms. The molecule has 2 fully saturated rings. The molecule has 80 valence electrons. The number of anilines is 1. The van der Waals surface area contributed by atoms with Crippen molar-refractivity contribution >= 4 is 5.69 Å². The van der Waals surface area contributed by atoms with Gasteiger partial charge in [0.2, 0.25) is 0 Å². The lowest BCUT2D eigenvalue weighted by molar-refractivity contribution is 0.647. The molecule has 2 aliphatic rings. The highest BCUT2D eigenvalue weighted by atomic mass is 15.2. The third-order valence-corrected chi connectivity index (χ3v) is 3.97. The van der Waals surface area contributed by atoms with Gasteiger partial charge in [0, 0.05) is 31.2 Å². The average molecular weight is 203 g/mol. The second-order valence-corrected chi connectivity index (χ2v) is 4.79. The molecule has 0 amide bonds. The Balaban J connectivity index is 1.75. The summed E-state index contributed by atoms with van der Waals surface area (Å²) in [5.41, 5.74) is 8.34. The van der Waals surface area contributed by atoms with E-state index in [0.717, 1.165) is 24.3 Å². The van der Waals surface area contributed by atoms with Crippen molar-refractivity contribution in [1.82, 2.24) is 4.98 Å². The van der Waals surface area contributed by atoms with Gasteiger partial charge in [-0.1, -0.05) is 0 Å². The van der Waals surface area contributed by atoms with Gasteiger partial charge in [-0.25, -0.2) is 0 Å². The fraction of sp³-hybridized carbons (Fsp3) is 0.583. The molecular formula is C12H17N3. The van der Waals surface area contributed by atoms with Crippen LogP contribution in [-0.4, -0.2) is 24.6 Å².